The Morgan fingerprint density at radius 1 is 1.15 bits per heavy atom. The topological polar surface area (TPSA) is 108 Å². The Morgan fingerprint density at radius 2 is 1.82 bits per heavy atom. The Morgan fingerprint density at radius 3 is 2.35 bits per heavy atom. The van der Waals surface area contributed by atoms with Gasteiger partial charge in [0.25, 0.3) is 0 Å². The van der Waals surface area contributed by atoms with Gasteiger partial charge in [-0.3, -0.25) is 4.90 Å². The molecule has 2 aliphatic rings. The molecule has 1 aromatic carbocycles. The number of hydrogen-bond acceptors (Lipinski definition) is 6. The number of aromatic nitrogens is 2. The van der Waals surface area contributed by atoms with E-state index in [-0.39, 0.29) is 18.2 Å². The third-order valence-corrected chi connectivity index (χ3v) is 6.68. The first-order chi connectivity index (χ1) is 16.1. The fraction of sp³-hybridized carbons (Fsp3) is 0.520. The lowest BCUT2D eigenvalue weighted by molar-refractivity contribution is -0.0977. The minimum atomic E-state index is -0.900. The Bertz CT molecular complexity index is 1030. The van der Waals surface area contributed by atoms with Crippen molar-refractivity contribution in [3.8, 4) is 11.1 Å². The zero-order valence-corrected chi connectivity index (χ0v) is 20.2. The van der Waals surface area contributed by atoms with Crippen LogP contribution in [0.3, 0.4) is 0 Å². The molecule has 2 aromatic rings. The predicted octanol–water partition coefficient (Wildman–Crippen LogP) is 3.89. The van der Waals surface area contributed by atoms with Crippen LogP contribution in [0.25, 0.3) is 11.1 Å². The molecule has 0 spiro atoms. The molecule has 0 saturated carbocycles. The summed E-state index contributed by atoms with van der Waals surface area (Å²) in [6, 6.07) is 7.62. The monoisotopic (exact) mass is 467 g/mol. The lowest BCUT2D eigenvalue weighted by Gasteiger charge is -2.44. The van der Waals surface area contributed by atoms with Crippen LogP contribution in [0, 0.1) is 0 Å². The van der Waals surface area contributed by atoms with Crippen LogP contribution in [0.2, 0.25) is 0 Å². The van der Waals surface area contributed by atoms with Crippen molar-refractivity contribution in [2.45, 2.75) is 64.2 Å². The molecule has 34 heavy (non-hydrogen) atoms. The summed E-state index contributed by atoms with van der Waals surface area (Å²) in [5, 5.41) is 13.0. The number of carbonyl (C=O) groups is 2. The first-order valence-corrected chi connectivity index (χ1v) is 11.8. The second-order valence-electron chi connectivity index (χ2n) is 9.79. The number of nitrogens with zero attached hydrogens (tertiary/aromatic N) is 4. The van der Waals surface area contributed by atoms with E-state index in [0.29, 0.717) is 44.8 Å². The molecular weight excluding hydrogens is 434 g/mol. The molecule has 3 heterocycles. The molecule has 0 radical (unpaired) electrons. The number of amides is 3. The number of carbonyl (C=O) groups excluding carboxylic acids is 2. The molecule has 1 aromatic heterocycles. The summed E-state index contributed by atoms with van der Waals surface area (Å²) in [6.45, 7) is 9.20. The zero-order valence-electron chi connectivity index (χ0n) is 20.2. The number of urea groups is 1. The quantitative estimate of drug-likeness (QED) is 0.640. The molecule has 2 N–H and O–H groups in total. The van der Waals surface area contributed by atoms with Crippen molar-refractivity contribution in [2.75, 3.05) is 24.5 Å². The highest BCUT2D eigenvalue weighted by atomic mass is 16.6. The van der Waals surface area contributed by atoms with Crippen LogP contribution in [0.15, 0.2) is 36.7 Å². The van der Waals surface area contributed by atoms with Gasteiger partial charge in [0.15, 0.2) is 0 Å². The van der Waals surface area contributed by atoms with E-state index >= 15 is 0 Å². The molecule has 9 heteroatoms. The van der Waals surface area contributed by atoms with Gasteiger partial charge in [0.1, 0.15) is 5.60 Å². The lowest BCUT2D eigenvalue weighted by Crippen LogP contribution is -2.52. The van der Waals surface area contributed by atoms with Gasteiger partial charge in [0, 0.05) is 50.4 Å². The standard InChI is InChI=1S/C25H33N5O4/c1-5-25(16-24(3,4)33)10-12-29(23(32)34-25)17(2)18-6-8-19(9-7-18)20-14-27-21(28-15-20)30-13-11-26-22(30)31/h6-9,14-15,17,33H,5,10-13,16H2,1-4H3,(H,26,31). The van der Waals surface area contributed by atoms with Crippen LogP contribution in [0.5, 0.6) is 0 Å². The van der Waals surface area contributed by atoms with Crippen LogP contribution < -0.4 is 10.2 Å². The maximum Gasteiger partial charge on any atom is 0.410 e. The maximum absolute atomic E-state index is 12.9. The molecule has 2 saturated heterocycles. The maximum atomic E-state index is 12.9. The summed E-state index contributed by atoms with van der Waals surface area (Å²) in [4.78, 5) is 36.6. The van der Waals surface area contributed by atoms with Gasteiger partial charge in [-0.05, 0) is 38.3 Å². The number of ether oxygens (including phenoxy) is 1. The molecule has 3 amide bonds. The normalized spacial score (nSPS) is 21.9. The number of rotatable bonds is 7. The van der Waals surface area contributed by atoms with Crippen molar-refractivity contribution in [1.29, 1.82) is 0 Å². The summed E-state index contributed by atoms with van der Waals surface area (Å²) in [7, 11) is 0. The molecule has 182 valence electrons. The van der Waals surface area contributed by atoms with E-state index in [1.807, 2.05) is 38.1 Å². The number of aliphatic hydroxyl groups is 1. The summed E-state index contributed by atoms with van der Waals surface area (Å²) in [5.74, 6) is 0.389. The van der Waals surface area contributed by atoms with Gasteiger partial charge in [-0.25, -0.2) is 19.6 Å². The van der Waals surface area contributed by atoms with Crippen molar-refractivity contribution in [1.82, 2.24) is 20.2 Å². The third kappa shape index (κ3) is 4.99. The number of hydrogen-bond donors (Lipinski definition) is 2. The van der Waals surface area contributed by atoms with Gasteiger partial charge in [-0.15, -0.1) is 0 Å². The number of cyclic esters (lactones) is 1. The van der Waals surface area contributed by atoms with Crippen molar-refractivity contribution in [2.24, 2.45) is 0 Å². The van der Waals surface area contributed by atoms with Gasteiger partial charge in [0.05, 0.1) is 11.6 Å². The van der Waals surface area contributed by atoms with Crippen LogP contribution in [-0.2, 0) is 4.74 Å². The average molecular weight is 468 g/mol. The zero-order chi connectivity index (χ0) is 24.5. The van der Waals surface area contributed by atoms with Gasteiger partial charge in [-0.1, -0.05) is 31.2 Å². The van der Waals surface area contributed by atoms with Crippen LogP contribution in [0.4, 0.5) is 15.5 Å². The molecule has 4 rings (SSSR count). The molecule has 0 bridgehead atoms. The molecular formula is C25H33N5O4. The van der Waals surface area contributed by atoms with Gasteiger partial charge in [0.2, 0.25) is 5.95 Å². The average Bonchev–Trinajstić information content (AvgIpc) is 3.24. The first kappa shape index (κ1) is 23.9. The Hall–Kier alpha value is -3.20. The minimum absolute atomic E-state index is 0.147. The SMILES string of the molecule is CCC1(CC(C)(C)O)CCN(C(C)c2ccc(-c3cnc(N4CCNC4=O)nc3)cc2)C(=O)O1. The van der Waals surface area contributed by atoms with Crippen molar-refractivity contribution < 1.29 is 19.4 Å². The van der Waals surface area contributed by atoms with Gasteiger partial charge < -0.3 is 20.1 Å². The number of benzene rings is 1. The van der Waals surface area contributed by atoms with E-state index in [4.69, 9.17) is 4.74 Å². The van der Waals surface area contributed by atoms with Crippen LogP contribution in [0.1, 0.15) is 58.6 Å². The Balaban J connectivity index is 1.43. The lowest BCUT2D eigenvalue weighted by atomic mass is 9.83. The van der Waals surface area contributed by atoms with Crippen molar-refractivity contribution in [3.05, 3.63) is 42.2 Å². The fourth-order valence-electron chi connectivity index (χ4n) is 4.76. The highest BCUT2D eigenvalue weighted by Gasteiger charge is 2.43. The second-order valence-corrected chi connectivity index (χ2v) is 9.79. The minimum Gasteiger partial charge on any atom is -0.443 e. The highest BCUT2D eigenvalue weighted by Crippen LogP contribution is 2.37. The predicted molar refractivity (Wildman–Crippen MR) is 128 cm³/mol. The van der Waals surface area contributed by atoms with E-state index in [1.165, 1.54) is 4.90 Å². The second kappa shape index (κ2) is 9.21. The molecule has 0 aliphatic carbocycles. The molecule has 9 nitrogen and oxygen atoms in total. The fourth-order valence-corrected chi connectivity index (χ4v) is 4.76. The third-order valence-electron chi connectivity index (χ3n) is 6.68. The first-order valence-electron chi connectivity index (χ1n) is 11.8. The summed E-state index contributed by atoms with van der Waals surface area (Å²) in [5.41, 5.74) is 1.27. The molecule has 2 fully saturated rings. The summed E-state index contributed by atoms with van der Waals surface area (Å²) < 4.78 is 5.89. The van der Waals surface area contributed by atoms with Crippen LogP contribution in [-0.4, -0.2) is 62.9 Å². The van der Waals surface area contributed by atoms with E-state index in [2.05, 4.69) is 15.3 Å². The van der Waals surface area contributed by atoms with Gasteiger partial charge >= 0.3 is 12.1 Å². The van der Waals surface area contributed by atoms with Crippen molar-refractivity contribution in [3.63, 3.8) is 0 Å². The molecule has 2 unspecified atom stereocenters. The Kier molecular flexibility index (Phi) is 6.49. The largest absolute Gasteiger partial charge is 0.443 e. The number of anilines is 1. The van der Waals surface area contributed by atoms with Crippen LogP contribution >= 0.6 is 0 Å². The summed E-state index contributed by atoms with van der Waals surface area (Å²) in [6.07, 6.45) is 4.85. The van der Waals surface area contributed by atoms with Gasteiger partial charge in [-0.2, -0.15) is 0 Å². The smallest absolute Gasteiger partial charge is 0.410 e. The van der Waals surface area contributed by atoms with E-state index in [1.54, 1.807) is 31.1 Å². The van der Waals surface area contributed by atoms with E-state index in [9.17, 15) is 14.7 Å². The summed E-state index contributed by atoms with van der Waals surface area (Å²) >= 11 is 0. The van der Waals surface area contributed by atoms with E-state index in [0.717, 1.165) is 16.7 Å². The molecule has 2 aliphatic heterocycles. The number of nitrogens with one attached hydrogen (secondary N) is 1. The molecule has 2 atom stereocenters. The highest BCUT2D eigenvalue weighted by molar-refractivity contribution is 5.92. The van der Waals surface area contributed by atoms with E-state index < -0.39 is 11.2 Å². The Labute approximate surface area is 200 Å². The van der Waals surface area contributed by atoms with Crippen molar-refractivity contribution >= 4 is 18.1 Å².